The fourth-order valence-corrected chi connectivity index (χ4v) is 1.48. The molecule has 0 aromatic carbocycles. The molecule has 0 aliphatic carbocycles. The van der Waals surface area contributed by atoms with Crippen molar-refractivity contribution in [2.45, 2.75) is 13.0 Å². The van der Waals surface area contributed by atoms with Crippen LogP contribution in [0.2, 0.25) is 5.02 Å². The Bertz CT molecular complexity index is 485. The maximum atomic E-state index is 9.56. The summed E-state index contributed by atoms with van der Waals surface area (Å²) in [7, 11) is 0. The molecule has 1 atom stereocenters. The molecule has 82 valence electrons. The summed E-state index contributed by atoms with van der Waals surface area (Å²) in [5.41, 5.74) is 1.74. The summed E-state index contributed by atoms with van der Waals surface area (Å²) in [6.07, 6.45) is 3.97. The van der Waals surface area contributed by atoms with Crippen molar-refractivity contribution < 1.29 is 5.11 Å². The van der Waals surface area contributed by atoms with E-state index in [9.17, 15) is 5.11 Å². The third-order valence-corrected chi connectivity index (χ3v) is 2.32. The molecule has 0 fully saturated rings. The van der Waals surface area contributed by atoms with Gasteiger partial charge in [-0.3, -0.25) is 15.0 Å². The molecule has 0 amide bonds. The number of aromatic nitrogens is 3. The van der Waals surface area contributed by atoms with E-state index in [0.717, 1.165) is 0 Å². The van der Waals surface area contributed by atoms with Crippen molar-refractivity contribution in [2.24, 2.45) is 0 Å². The average Bonchev–Trinajstić information content (AvgIpc) is 2.30. The van der Waals surface area contributed by atoms with Crippen LogP contribution in [0.1, 0.15) is 18.7 Å². The molecule has 5 heteroatoms. The number of pyridine rings is 1. The van der Waals surface area contributed by atoms with E-state index < -0.39 is 6.10 Å². The van der Waals surface area contributed by atoms with Gasteiger partial charge in [0.15, 0.2) is 0 Å². The van der Waals surface area contributed by atoms with Crippen molar-refractivity contribution >= 4 is 11.6 Å². The highest BCUT2D eigenvalue weighted by molar-refractivity contribution is 6.30. The molecule has 0 aliphatic rings. The lowest BCUT2D eigenvalue weighted by molar-refractivity contribution is 0.194. The molecule has 0 bridgehead atoms. The molecule has 2 aromatic rings. The van der Waals surface area contributed by atoms with Crippen LogP contribution in [0.15, 0.2) is 30.7 Å². The summed E-state index contributed by atoms with van der Waals surface area (Å²) in [5, 5.41) is 10.1. The molecule has 0 saturated heterocycles. The Morgan fingerprint density at radius 2 is 1.94 bits per heavy atom. The lowest BCUT2D eigenvalue weighted by atomic mass is 10.1. The normalized spacial score (nSPS) is 12.4. The molecule has 4 nitrogen and oxygen atoms in total. The van der Waals surface area contributed by atoms with Gasteiger partial charge in [0, 0.05) is 18.6 Å². The molecule has 0 radical (unpaired) electrons. The monoisotopic (exact) mass is 235 g/mol. The Balaban J connectivity index is 2.51. The Morgan fingerprint density at radius 3 is 2.56 bits per heavy atom. The number of halogens is 1. The lowest BCUT2D eigenvalue weighted by Crippen LogP contribution is -2.01. The standard InChI is InChI=1S/C11H10ClN3O/c1-7(16)10-11(14-5-4-13-10)9-3-2-8(12)6-15-9/h2-7,16H,1H3/t7-/m1/s1. The van der Waals surface area contributed by atoms with Crippen LogP contribution in [0.4, 0.5) is 0 Å². The third kappa shape index (κ3) is 2.18. The summed E-state index contributed by atoms with van der Waals surface area (Å²) < 4.78 is 0. The van der Waals surface area contributed by atoms with Gasteiger partial charge in [0.25, 0.3) is 0 Å². The fraction of sp³-hybridized carbons (Fsp3) is 0.182. The lowest BCUT2D eigenvalue weighted by Gasteiger charge is -2.08. The van der Waals surface area contributed by atoms with Crippen LogP contribution in [0.5, 0.6) is 0 Å². The zero-order valence-electron chi connectivity index (χ0n) is 8.63. The Labute approximate surface area is 98.0 Å². The summed E-state index contributed by atoms with van der Waals surface area (Å²) in [5.74, 6) is 0. The van der Waals surface area contributed by atoms with Gasteiger partial charge < -0.3 is 5.11 Å². The number of aliphatic hydroxyl groups excluding tert-OH is 1. The van der Waals surface area contributed by atoms with E-state index >= 15 is 0 Å². The zero-order chi connectivity index (χ0) is 11.5. The summed E-state index contributed by atoms with van der Waals surface area (Å²) in [4.78, 5) is 12.4. The van der Waals surface area contributed by atoms with Crippen LogP contribution in [-0.4, -0.2) is 20.1 Å². The van der Waals surface area contributed by atoms with Gasteiger partial charge in [-0.15, -0.1) is 0 Å². The maximum Gasteiger partial charge on any atom is 0.113 e. The number of aliphatic hydroxyl groups is 1. The first kappa shape index (κ1) is 11.0. The first-order chi connectivity index (χ1) is 7.68. The van der Waals surface area contributed by atoms with Gasteiger partial charge in [0.05, 0.1) is 22.5 Å². The van der Waals surface area contributed by atoms with Gasteiger partial charge in [-0.1, -0.05) is 11.6 Å². The summed E-state index contributed by atoms with van der Waals surface area (Å²) in [6, 6.07) is 3.47. The molecule has 2 heterocycles. The maximum absolute atomic E-state index is 9.56. The largest absolute Gasteiger partial charge is 0.387 e. The second-order valence-electron chi connectivity index (χ2n) is 3.33. The summed E-state index contributed by atoms with van der Waals surface area (Å²) >= 11 is 5.75. The van der Waals surface area contributed by atoms with E-state index in [0.29, 0.717) is 22.1 Å². The smallest absolute Gasteiger partial charge is 0.113 e. The Morgan fingerprint density at radius 1 is 1.19 bits per heavy atom. The van der Waals surface area contributed by atoms with E-state index in [1.165, 1.54) is 6.20 Å². The van der Waals surface area contributed by atoms with Crippen molar-refractivity contribution in [3.8, 4) is 11.4 Å². The molecule has 0 saturated carbocycles. The molecule has 1 N–H and O–H groups in total. The number of hydrogen-bond acceptors (Lipinski definition) is 4. The predicted molar refractivity (Wildman–Crippen MR) is 60.9 cm³/mol. The third-order valence-electron chi connectivity index (χ3n) is 2.09. The molecule has 0 unspecified atom stereocenters. The molecule has 2 rings (SSSR count). The van der Waals surface area contributed by atoms with Crippen molar-refractivity contribution in [3.63, 3.8) is 0 Å². The fourth-order valence-electron chi connectivity index (χ4n) is 1.37. The van der Waals surface area contributed by atoms with Crippen LogP contribution in [0.3, 0.4) is 0 Å². The molecule has 0 aliphatic heterocycles. The van der Waals surface area contributed by atoms with Crippen LogP contribution < -0.4 is 0 Å². The molecular formula is C11H10ClN3O. The first-order valence-corrected chi connectivity index (χ1v) is 5.17. The second-order valence-corrected chi connectivity index (χ2v) is 3.76. The van der Waals surface area contributed by atoms with Crippen molar-refractivity contribution in [3.05, 3.63) is 41.4 Å². The zero-order valence-corrected chi connectivity index (χ0v) is 9.39. The minimum absolute atomic E-state index is 0.511. The van der Waals surface area contributed by atoms with E-state index in [4.69, 9.17) is 11.6 Å². The molecule has 2 aromatic heterocycles. The van der Waals surface area contributed by atoms with E-state index in [1.807, 2.05) is 0 Å². The van der Waals surface area contributed by atoms with Crippen molar-refractivity contribution in [1.82, 2.24) is 15.0 Å². The quantitative estimate of drug-likeness (QED) is 0.867. The highest BCUT2D eigenvalue weighted by Crippen LogP contribution is 2.22. The first-order valence-electron chi connectivity index (χ1n) is 4.79. The minimum atomic E-state index is -0.679. The van der Waals surface area contributed by atoms with E-state index in [1.54, 1.807) is 31.5 Å². The number of hydrogen-bond donors (Lipinski definition) is 1. The van der Waals surface area contributed by atoms with Gasteiger partial charge in [-0.2, -0.15) is 0 Å². The van der Waals surface area contributed by atoms with E-state index in [-0.39, 0.29) is 0 Å². The number of nitrogens with zero attached hydrogens (tertiary/aromatic N) is 3. The predicted octanol–water partition coefficient (Wildman–Crippen LogP) is 2.25. The van der Waals surface area contributed by atoms with Crippen molar-refractivity contribution in [2.75, 3.05) is 0 Å². The Kier molecular flexibility index (Phi) is 3.12. The SMILES string of the molecule is C[C@@H](O)c1nccnc1-c1ccc(Cl)cn1. The highest BCUT2D eigenvalue weighted by atomic mass is 35.5. The van der Waals surface area contributed by atoms with Crippen LogP contribution in [0, 0.1) is 0 Å². The Hall–Kier alpha value is -1.52. The van der Waals surface area contributed by atoms with Gasteiger partial charge in [0.1, 0.15) is 5.69 Å². The average molecular weight is 236 g/mol. The minimum Gasteiger partial charge on any atom is -0.387 e. The number of rotatable bonds is 2. The van der Waals surface area contributed by atoms with Gasteiger partial charge in [-0.05, 0) is 19.1 Å². The van der Waals surface area contributed by atoms with Gasteiger partial charge in [0.2, 0.25) is 0 Å². The van der Waals surface area contributed by atoms with Crippen LogP contribution >= 0.6 is 11.6 Å². The summed E-state index contributed by atoms with van der Waals surface area (Å²) in [6.45, 7) is 1.64. The van der Waals surface area contributed by atoms with E-state index in [2.05, 4.69) is 15.0 Å². The van der Waals surface area contributed by atoms with Crippen molar-refractivity contribution in [1.29, 1.82) is 0 Å². The topological polar surface area (TPSA) is 58.9 Å². The van der Waals surface area contributed by atoms with Crippen LogP contribution in [0.25, 0.3) is 11.4 Å². The van der Waals surface area contributed by atoms with Gasteiger partial charge in [-0.25, -0.2) is 0 Å². The molecule has 16 heavy (non-hydrogen) atoms. The van der Waals surface area contributed by atoms with Gasteiger partial charge >= 0.3 is 0 Å². The van der Waals surface area contributed by atoms with Crippen LogP contribution in [-0.2, 0) is 0 Å². The highest BCUT2D eigenvalue weighted by Gasteiger charge is 2.12. The molecule has 0 spiro atoms. The molecular weight excluding hydrogens is 226 g/mol. The second kappa shape index (κ2) is 4.55.